The highest BCUT2D eigenvalue weighted by atomic mass is 16.4. The van der Waals surface area contributed by atoms with Gasteiger partial charge in [-0.15, -0.1) is 0 Å². The zero-order chi connectivity index (χ0) is 16.9. The number of benzene rings is 1. The summed E-state index contributed by atoms with van der Waals surface area (Å²) in [4.78, 5) is 25.4. The number of nitrogens with zero attached hydrogens (tertiary/aromatic N) is 3. The predicted molar refractivity (Wildman–Crippen MR) is 89.7 cm³/mol. The number of carboxylic acid groups (broad SMARTS) is 1. The Balaban J connectivity index is 1.71. The number of aryl methyl sites for hydroxylation is 1. The van der Waals surface area contributed by atoms with E-state index in [1.165, 1.54) is 0 Å². The molecule has 2 heterocycles. The molecule has 0 fully saturated rings. The molecule has 0 radical (unpaired) electrons. The topological polar surface area (TPSA) is 75.4 Å². The molecule has 0 aliphatic carbocycles. The van der Waals surface area contributed by atoms with Crippen molar-refractivity contribution >= 4 is 17.6 Å². The maximum atomic E-state index is 12.7. The Bertz CT molecular complexity index is 712. The summed E-state index contributed by atoms with van der Waals surface area (Å²) in [5, 5.41) is 13.0. The van der Waals surface area contributed by atoms with E-state index >= 15 is 0 Å². The number of carbonyl (C=O) groups is 2. The lowest BCUT2D eigenvalue weighted by molar-refractivity contribution is -0.137. The first-order valence-corrected chi connectivity index (χ1v) is 8.21. The van der Waals surface area contributed by atoms with Gasteiger partial charge in [0.05, 0.1) is 0 Å². The van der Waals surface area contributed by atoms with Gasteiger partial charge in [0.1, 0.15) is 0 Å². The van der Waals surface area contributed by atoms with E-state index in [0.717, 1.165) is 17.7 Å². The minimum absolute atomic E-state index is 0.0537. The van der Waals surface area contributed by atoms with Gasteiger partial charge in [-0.1, -0.05) is 18.2 Å². The van der Waals surface area contributed by atoms with Crippen molar-refractivity contribution in [1.29, 1.82) is 0 Å². The number of carboxylic acids is 1. The maximum absolute atomic E-state index is 12.7. The molecule has 1 aliphatic heterocycles. The molecule has 2 aromatic rings. The van der Waals surface area contributed by atoms with E-state index in [4.69, 9.17) is 5.11 Å². The van der Waals surface area contributed by atoms with Gasteiger partial charge in [-0.25, -0.2) is 0 Å². The molecule has 0 bridgehead atoms. The maximum Gasteiger partial charge on any atom is 0.303 e. The van der Waals surface area contributed by atoms with Gasteiger partial charge >= 0.3 is 5.97 Å². The standard InChI is InChI=1S/C18H21N3O3/c22-17(8-11-20-10-3-9-19-20)21-13-14(6-7-18(23)24)12-15-4-1-2-5-16(15)21/h1-5,9-10,14H,6-8,11-13H2,(H,23,24). The summed E-state index contributed by atoms with van der Waals surface area (Å²) in [7, 11) is 0. The lowest BCUT2D eigenvalue weighted by Gasteiger charge is -2.34. The molecule has 126 valence electrons. The number of anilines is 1. The summed E-state index contributed by atoms with van der Waals surface area (Å²) < 4.78 is 1.75. The Hall–Kier alpha value is -2.63. The molecule has 0 saturated carbocycles. The van der Waals surface area contributed by atoms with Crippen LogP contribution in [0.4, 0.5) is 5.69 Å². The summed E-state index contributed by atoms with van der Waals surface area (Å²) >= 11 is 0. The Kier molecular flexibility index (Phi) is 4.93. The largest absolute Gasteiger partial charge is 0.481 e. The predicted octanol–water partition coefficient (Wildman–Crippen LogP) is 2.34. The Morgan fingerprint density at radius 1 is 1.21 bits per heavy atom. The molecule has 1 aromatic heterocycles. The molecule has 6 nitrogen and oxygen atoms in total. The molecular formula is C18H21N3O3. The van der Waals surface area contributed by atoms with Gasteiger partial charge in [0.2, 0.25) is 5.91 Å². The fourth-order valence-corrected chi connectivity index (χ4v) is 3.21. The van der Waals surface area contributed by atoms with E-state index in [2.05, 4.69) is 5.10 Å². The molecular weight excluding hydrogens is 306 g/mol. The average Bonchev–Trinajstić information content (AvgIpc) is 3.10. The molecule has 1 amide bonds. The first kappa shape index (κ1) is 16.2. The smallest absolute Gasteiger partial charge is 0.303 e. The van der Waals surface area contributed by atoms with E-state index in [0.29, 0.717) is 25.9 Å². The van der Waals surface area contributed by atoms with Crippen LogP contribution in [0.2, 0.25) is 0 Å². The van der Waals surface area contributed by atoms with Crippen molar-refractivity contribution < 1.29 is 14.7 Å². The summed E-state index contributed by atoms with van der Waals surface area (Å²) in [5.74, 6) is -0.548. The lowest BCUT2D eigenvalue weighted by Crippen LogP contribution is -2.40. The number of hydrogen-bond donors (Lipinski definition) is 1. The number of para-hydroxylation sites is 1. The Morgan fingerprint density at radius 2 is 2.04 bits per heavy atom. The van der Waals surface area contributed by atoms with Crippen LogP contribution in [0.15, 0.2) is 42.7 Å². The average molecular weight is 327 g/mol. The van der Waals surface area contributed by atoms with E-state index < -0.39 is 5.97 Å². The molecule has 1 aromatic carbocycles. The molecule has 1 atom stereocenters. The number of hydrogen-bond acceptors (Lipinski definition) is 3. The van der Waals surface area contributed by atoms with Crippen molar-refractivity contribution in [2.75, 3.05) is 11.4 Å². The molecule has 0 spiro atoms. The quantitative estimate of drug-likeness (QED) is 0.883. The number of rotatable bonds is 6. The highest BCUT2D eigenvalue weighted by Gasteiger charge is 2.28. The van der Waals surface area contributed by atoms with Crippen LogP contribution in [0.25, 0.3) is 0 Å². The molecule has 3 rings (SSSR count). The highest BCUT2D eigenvalue weighted by Crippen LogP contribution is 2.32. The lowest BCUT2D eigenvalue weighted by atomic mass is 9.89. The fraction of sp³-hybridized carbons (Fsp3) is 0.389. The highest BCUT2D eigenvalue weighted by molar-refractivity contribution is 5.94. The zero-order valence-electron chi connectivity index (χ0n) is 13.5. The van der Waals surface area contributed by atoms with Gasteiger partial charge in [0, 0.05) is 44.0 Å². The first-order chi connectivity index (χ1) is 11.6. The second-order valence-electron chi connectivity index (χ2n) is 6.15. The zero-order valence-corrected chi connectivity index (χ0v) is 13.5. The third kappa shape index (κ3) is 3.82. The monoisotopic (exact) mass is 327 g/mol. The van der Waals surface area contributed by atoms with Crippen LogP contribution < -0.4 is 4.90 Å². The van der Waals surface area contributed by atoms with Crippen molar-refractivity contribution in [2.24, 2.45) is 5.92 Å². The molecule has 0 saturated heterocycles. The van der Waals surface area contributed by atoms with Gasteiger partial charge in [0.15, 0.2) is 0 Å². The van der Waals surface area contributed by atoms with Crippen molar-refractivity contribution in [3.05, 3.63) is 48.3 Å². The van der Waals surface area contributed by atoms with Gasteiger partial charge in [-0.2, -0.15) is 5.10 Å². The van der Waals surface area contributed by atoms with E-state index in [1.807, 2.05) is 41.4 Å². The van der Waals surface area contributed by atoms with Crippen LogP contribution in [0.3, 0.4) is 0 Å². The summed E-state index contributed by atoms with van der Waals surface area (Å²) in [5.41, 5.74) is 2.07. The Labute approximate surface area is 140 Å². The first-order valence-electron chi connectivity index (χ1n) is 8.21. The van der Waals surface area contributed by atoms with Gasteiger partial charge in [-0.05, 0) is 36.5 Å². The summed E-state index contributed by atoms with van der Waals surface area (Å²) in [6, 6.07) is 9.72. The fourth-order valence-electron chi connectivity index (χ4n) is 3.21. The number of aromatic nitrogens is 2. The third-order valence-electron chi connectivity index (χ3n) is 4.41. The summed E-state index contributed by atoms with van der Waals surface area (Å²) in [6.07, 6.45) is 5.47. The van der Waals surface area contributed by atoms with Crippen molar-refractivity contribution in [1.82, 2.24) is 9.78 Å². The van der Waals surface area contributed by atoms with Crippen molar-refractivity contribution in [2.45, 2.75) is 32.2 Å². The van der Waals surface area contributed by atoms with Gasteiger partial charge in [0.25, 0.3) is 0 Å². The van der Waals surface area contributed by atoms with E-state index in [9.17, 15) is 9.59 Å². The second kappa shape index (κ2) is 7.29. The summed E-state index contributed by atoms with van der Waals surface area (Å²) in [6.45, 7) is 1.13. The molecule has 24 heavy (non-hydrogen) atoms. The SMILES string of the molecule is O=C(O)CCC1Cc2ccccc2N(C(=O)CCn2cccn2)C1. The van der Waals surface area contributed by atoms with Crippen LogP contribution in [-0.2, 0) is 22.6 Å². The number of carbonyl (C=O) groups excluding carboxylic acids is 1. The van der Waals surface area contributed by atoms with Crippen LogP contribution in [0.1, 0.15) is 24.8 Å². The van der Waals surface area contributed by atoms with Crippen LogP contribution >= 0.6 is 0 Å². The Morgan fingerprint density at radius 3 is 2.79 bits per heavy atom. The molecule has 1 N–H and O–H groups in total. The van der Waals surface area contributed by atoms with Crippen LogP contribution in [0, 0.1) is 5.92 Å². The molecule has 1 unspecified atom stereocenters. The van der Waals surface area contributed by atoms with E-state index in [1.54, 1.807) is 10.9 Å². The second-order valence-corrected chi connectivity index (χ2v) is 6.15. The van der Waals surface area contributed by atoms with Crippen LogP contribution in [0.5, 0.6) is 0 Å². The minimum Gasteiger partial charge on any atom is -0.481 e. The van der Waals surface area contributed by atoms with Gasteiger partial charge in [-0.3, -0.25) is 14.3 Å². The van der Waals surface area contributed by atoms with Crippen LogP contribution in [-0.4, -0.2) is 33.3 Å². The molecule has 1 aliphatic rings. The number of aliphatic carboxylic acids is 1. The number of amides is 1. The van der Waals surface area contributed by atoms with E-state index in [-0.39, 0.29) is 18.2 Å². The normalized spacial score (nSPS) is 16.7. The minimum atomic E-state index is -0.787. The molecule has 6 heteroatoms. The van der Waals surface area contributed by atoms with Gasteiger partial charge < -0.3 is 10.0 Å². The third-order valence-corrected chi connectivity index (χ3v) is 4.41. The number of fused-ring (bicyclic) bond motifs is 1. The van der Waals surface area contributed by atoms with Crippen molar-refractivity contribution in [3.63, 3.8) is 0 Å². The van der Waals surface area contributed by atoms with Crippen molar-refractivity contribution in [3.8, 4) is 0 Å².